The number of anilines is 1. The van der Waals surface area contributed by atoms with E-state index in [0.717, 1.165) is 18.5 Å². The molecule has 17 heavy (non-hydrogen) atoms. The largest absolute Gasteiger partial charge is 0.508 e. The second kappa shape index (κ2) is 4.33. The lowest BCUT2D eigenvalue weighted by Gasteiger charge is -2.18. The summed E-state index contributed by atoms with van der Waals surface area (Å²) in [7, 11) is 0. The van der Waals surface area contributed by atoms with E-state index < -0.39 is 5.54 Å². The quantitative estimate of drug-likeness (QED) is 0.617. The second-order valence-corrected chi connectivity index (χ2v) is 4.70. The zero-order valence-electron chi connectivity index (χ0n) is 9.23. The zero-order valence-corrected chi connectivity index (χ0v) is 10.1. The fourth-order valence-corrected chi connectivity index (χ4v) is 1.75. The molecule has 1 saturated carbocycles. The van der Waals surface area contributed by atoms with Crippen molar-refractivity contribution in [2.75, 3.05) is 5.32 Å². The van der Waals surface area contributed by atoms with E-state index in [2.05, 4.69) is 29.8 Å². The van der Waals surface area contributed by atoms with Crippen LogP contribution in [-0.2, 0) is 4.79 Å². The van der Waals surface area contributed by atoms with Crippen molar-refractivity contribution in [2.45, 2.75) is 18.4 Å². The molecule has 5 heteroatoms. The Labute approximate surface area is 105 Å². The Hall–Kier alpha value is -1.62. The molecule has 1 amide bonds. The number of carbonyl (C=O) groups excluding carboxylic acids is 1. The molecule has 4 nitrogen and oxygen atoms in total. The smallest absolute Gasteiger partial charge is 0.250 e. The lowest BCUT2D eigenvalue weighted by Crippen LogP contribution is -2.40. The van der Waals surface area contributed by atoms with Gasteiger partial charge in [0.15, 0.2) is 0 Å². The van der Waals surface area contributed by atoms with Crippen LogP contribution in [0.25, 0.3) is 0 Å². The van der Waals surface area contributed by atoms with Gasteiger partial charge in [0.05, 0.1) is 5.03 Å². The van der Waals surface area contributed by atoms with E-state index in [9.17, 15) is 9.90 Å². The summed E-state index contributed by atoms with van der Waals surface area (Å²) in [4.78, 5) is 11.9. The van der Waals surface area contributed by atoms with Crippen LogP contribution in [0, 0.1) is 0 Å². The van der Waals surface area contributed by atoms with Crippen LogP contribution in [0.1, 0.15) is 12.8 Å². The van der Waals surface area contributed by atoms with Crippen molar-refractivity contribution < 1.29 is 9.90 Å². The number of rotatable bonds is 4. The average Bonchev–Trinajstić information content (AvgIpc) is 2.98. The number of thiol groups is 1. The molecule has 2 rings (SSSR count). The number of carbonyl (C=O) groups is 1. The third-order valence-electron chi connectivity index (χ3n) is 2.67. The Morgan fingerprint density at radius 3 is 2.71 bits per heavy atom. The van der Waals surface area contributed by atoms with E-state index in [1.807, 2.05) is 6.07 Å². The normalized spacial score (nSPS) is 16.1. The number of benzene rings is 1. The molecule has 1 aliphatic carbocycles. The first-order valence-corrected chi connectivity index (χ1v) is 5.73. The first-order chi connectivity index (χ1) is 8.02. The van der Waals surface area contributed by atoms with E-state index >= 15 is 0 Å². The van der Waals surface area contributed by atoms with Crippen molar-refractivity contribution in [1.82, 2.24) is 5.32 Å². The highest BCUT2D eigenvalue weighted by Gasteiger charge is 2.50. The van der Waals surface area contributed by atoms with Gasteiger partial charge in [-0.1, -0.05) is 12.6 Å². The molecule has 90 valence electrons. The van der Waals surface area contributed by atoms with Crippen molar-refractivity contribution in [3.05, 3.63) is 35.9 Å². The molecule has 1 fully saturated rings. The van der Waals surface area contributed by atoms with Gasteiger partial charge in [0.2, 0.25) is 5.91 Å². The molecule has 0 radical (unpaired) electrons. The van der Waals surface area contributed by atoms with Crippen LogP contribution in [0.3, 0.4) is 0 Å². The molecule has 0 bridgehead atoms. The minimum absolute atomic E-state index is 0.138. The van der Waals surface area contributed by atoms with Crippen molar-refractivity contribution in [2.24, 2.45) is 0 Å². The number of aromatic hydroxyl groups is 1. The summed E-state index contributed by atoms with van der Waals surface area (Å²) in [6.45, 7) is 3.52. The lowest BCUT2D eigenvalue weighted by molar-refractivity contribution is -0.121. The molecule has 0 heterocycles. The van der Waals surface area contributed by atoms with E-state index in [0.29, 0.717) is 5.03 Å². The maximum Gasteiger partial charge on any atom is 0.250 e. The number of nitrogens with one attached hydrogen (secondary N) is 2. The van der Waals surface area contributed by atoms with Gasteiger partial charge in [-0.3, -0.25) is 4.79 Å². The van der Waals surface area contributed by atoms with Gasteiger partial charge in [-0.05, 0) is 25.0 Å². The number of hydrogen-bond acceptors (Lipinski definition) is 4. The molecule has 0 spiro atoms. The fraction of sp³-hybridized carbons (Fsp3) is 0.250. The van der Waals surface area contributed by atoms with Gasteiger partial charge in [-0.15, -0.1) is 12.6 Å². The number of amides is 1. The van der Waals surface area contributed by atoms with Crippen LogP contribution in [-0.4, -0.2) is 16.6 Å². The van der Waals surface area contributed by atoms with Crippen LogP contribution in [0.15, 0.2) is 35.9 Å². The predicted octanol–water partition coefficient (Wildman–Crippen LogP) is 1.85. The van der Waals surface area contributed by atoms with Gasteiger partial charge >= 0.3 is 0 Å². The van der Waals surface area contributed by atoms with Crippen LogP contribution in [0.5, 0.6) is 5.75 Å². The summed E-state index contributed by atoms with van der Waals surface area (Å²) in [6.07, 6.45) is 1.52. The van der Waals surface area contributed by atoms with Gasteiger partial charge < -0.3 is 15.7 Å². The van der Waals surface area contributed by atoms with Crippen molar-refractivity contribution in [1.29, 1.82) is 0 Å². The third kappa shape index (κ3) is 2.74. The number of phenolic OH excluding ortho intramolecular Hbond substituents is 1. The summed E-state index contributed by atoms with van der Waals surface area (Å²) in [5.41, 5.74) is 0.141. The Bertz CT molecular complexity index is 469. The molecular weight excluding hydrogens is 236 g/mol. The molecule has 1 aliphatic rings. The number of phenols is 1. The average molecular weight is 250 g/mol. The summed E-state index contributed by atoms with van der Waals surface area (Å²) < 4.78 is 0. The molecule has 0 aromatic heterocycles. The van der Waals surface area contributed by atoms with Crippen molar-refractivity contribution in [3.63, 3.8) is 0 Å². The molecule has 3 N–H and O–H groups in total. The highest BCUT2D eigenvalue weighted by Crippen LogP contribution is 2.39. The van der Waals surface area contributed by atoms with E-state index in [1.54, 1.807) is 18.2 Å². The molecule has 0 atom stereocenters. The standard InChI is InChI=1S/C12H14N2O2S/c1-8(17)13-11(16)12(5-6-12)14-9-3-2-4-10(15)7-9/h2-4,7,14-15,17H,1,5-6H2,(H,13,16). The molecule has 0 unspecified atom stereocenters. The third-order valence-corrected chi connectivity index (χ3v) is 2.78. The number of hydrogen-bond donors (Lipinski definition) is 4. The molecule has 1 aromatic rings. The summed E-state index contributed by atoms with van der Waals surface area (Å²) in [5, 5.41) is 15.4. The van der Waals surface area contributed by atoms with Crippen LogP contribution in [0.4, 0.5) is 5.69 Å². The molecular formula is C12H14N2O2S. The first kappa shape index (κ1) is 11.9. The van der Waals surface area contributed by atoms with Gasteiger partial charge in [-0.25, -0.2) is 0 Å². The van der Waals surface area contributed by atoms with Gasteiger partial charge in [0.1, 0.15) is 11.3 Å². The Kier molecular flexibility index (Phi) is 3.02. The van der Waals surface area contributed by atoms with E-state index in [4.69, 9.17) is 0 Å². The fourth-order valence-electron chi connectivity index (χ4n) is 1.64. The van der Waals surface area contributed by atoms with Crippen molar-refractivity contribution in [3.8, 4) is 5.75 Å². The minimum atomic E-state index is -0.584. The second-order valence-electron chi connectivity index (χ2n) is 4.16. The highest BCUT2D eigenvalue weighted by molar-refractivity contribution is 7.84. The molecule has 0 aliphatic heterocycles. The topological polar surface area (TPSA) is 61.4 Å². The molecule has 0 saturated heterocycles. The SMILES string of the molecule is C=C(S)NC(=O)C1(Nc2cccc(O)c2)CC1. The summed E-state index contributed by atoms with van der Waals surface area (Å²) in [6, 6.07) is 6.70. The Morgan fingerprint density at radius 1 is 1.47 bits per heavy atom. The van der Waals surface area contributed by atoms with Gasteiger partial charge in [0, 0.05) is 11.8 Å². The maximum absolute atomic E-state index is 11.9. The van der Waals surface area contributed by atoms with Crippen LogP contribution < -0.4 is 10.6 Å². The first-order valence-electron chi connectivity index (χ1n) is 5.28. The lowest BCUT2D eigenvalue weighted by atomic mass is 10.2. The summed E-state index contributed by atoms with van der Waals surface area (Å²) >= 11 is 3.95. The molecule has 1 aromatic carbocycles. The summed E-state index contributed by atoms with van der Waals surface area (Å²) in [5.74, 6) is 0.0330. The van der Waals surface area contributed by atoms with Gasteiger partial charge in [0.25, 0.3) is 0 Å². The van der Waals surface area contributed by atoms with Crippen LogP contribution in [0.2, 0.25) is 0 Å². The van der Waals surface area contributed by atoms with E-state index in [-0.39, 0.29) is 11.7 Å². The predicted molar refractivity (Wildman–Crippen MR) is 70.0 cm³/mol. The monoisotopic (exact) mass is 250 g/mol. The Balaban J connectivity index is 2.08. The van der Waals surface area contributed by atoms with Crippen molar-refractivity contribution >= 4 is 24.2 Å². The highest BCUT2D eigenvalue weighted by atomic mass is 32.1. The van der Waals surface area contributed by atoms with Gasteiger partial charge in [-0.2, -0.15) is 0 Å². The minimum Gasteiger partial charge on any atom is -0.508 e. The Morgan fingerprint density at radius 2 is 2.18 bits per heavy atom. The maximum atomic E-state index is 11.9. The van der Waals surface area contributed by atoms with E-state index in [1.165, 1.54) is 0 Å². The zero-order chi connectivity index (χ0) is 12.5. The van der Waals surface area contributed by atoms with Crippen LogP contribution >= 0.6 is 12.6 Å².